The molecule has 45 heavy (non-hydrogen) atoms. The van der Waals surface area contributed by atoms with E-state index < -0.39 is 5.54 Å². The molecule has 0 fully saturated rings. The molecule has 2 aliphatic rings. The summed E-state index contributed by atoms with van der Waals surface area (Å²) in [5.74, 6) is 1.70. The van der Waals surface area contributed by atoms with E-state index in [9.17, 15) is 0 Å². The largest absolute Gasteiger partial charge is 0.453 e. The second kappa shape index (κ2) is 10.1. The smallest absolute Gasteiger partial charge is 0.151 e. The monoisotopic (exact) mass is 575 g/mol. The highest BCUT2D eigenvalue weighted by Gasteiger charge is 2.52. The van der Waals surface area contributed by atoms with Gasteiger partial charge in [-0.3, -0.25) is 0 Å². The Morgan fingerprint density at radius 3 is 1.29 bits per heavy atom. The van der Waals surface area contributed by atoms with E-state index in [0.717, 1.165) is 22.9 Å². The van der Waals surface area contributed by atoms with Crippen molar-refractivity contribution in [1.82, 2.24) is 0 Å². The molecule has 0 bridgehead atoms. The Balaban J connectivity index is 1.42. The summed E-state index contributed by atoms with van der Waals surface area (Å²) in [4.78, 5) is 2.52. The molecule has 1 aliphatic heterocycles. The first-order valence-corrected chi connectivity index (χ1v) is 15.4. The first-order chi connectivity index (χ1) is 22.3. The van der Waals surface area contributed by atoms with Crippen LogP contribution in [0.4, 0.5) is 11.4 Å². The summed E-state index contributed by atoms with van der Waals surface area (Å²) in [6.07, 6.45) is 0. The molecule has 1 aliphatic carbocycles. The maximum Gasteiger partial charge on any atom is 0.151 e. The van der Waals surface area contributed by atoms with Gasteiger partial charge in [0.25, 0.3) is 0 Å². The fourth-order valence-corrected chi connectivity index (χ4v) is 7.36. The number of rotatable bonds is 4. The SMILES string of the molecule is c1ccc(-c2ccc3c(c2)-c2cc(-c4ccccc4)ccc2C3(c2ccccc2)N2c3ccccc3Oc3ccccc32)cc1. The van der Waals surface area contributed by atoms with Gasteiger partial charge in [-0.05, 0) is 86.5 Å². The third-order valence-corrected chi connectivity index (χ3v) is 9.28. The Labute approximate surface area is 263 Å². The van der Waals surface area contributed by atoms with Crippen molar-refractivity contribution in [1.29, 1.82) is 0 Å². The van der Waals surface area contributed by atoms with Gasteiger partial charge in [-0.15, -0.1) is 0 Å². The number of para-hydroxylation sites is 4. The van der Waals surface area contributed by atoms with Crippen molar-refractivity contribution >= 4 is 11.4 Å². The molecule has 0 saturated heterocycles. The van der Waals surface area contributed by atoms with Gasteiger partial charge in [0, 0.05) is 0 Å². The minimum absolute atomic E-state index is 0.660. The van der Waals surface area contributed by atoms with Crippen LogP contribution in [0.25, 0.3) is 33.4 Å². The predicted octanol–water partition coefficient (Wildman–Crippen LogP) is 11.2. The van der Waals surface area contributed by atoms with E-state index in [1.54, 1.807) is 0 Å². The number of hydrogen-bond donors (Lipinski definition) is 0. The molecule has 7 aromatic carbocycles. The van der Waals surface area contributed by atoms with Crippen LogP contribution in [-0.2, 0) is 5.54 Å². The average Bonchev–Trinajstić information content (AvgIpc) is 3.41. The van der Waals surface area contributed by atoms with Gasteiger partial charge in [-0.25, -0.2) is 0 Å². The lowest BCUT2D eigenvalue weighted by Gasteiger charge is -2.47. The van der Waals surface area contributed by atoms with E-state index in [1.165, 1.54) is 50.1 Å². The lowest BCUT2D eigenvalue weighted by atomic mass is 9.77. The van der Waals surface area contributed by atoms with Crippen LogP contribution >= 0.6 is 0 Å². The van der Waals surface area contributed by atoms with E-state index >= 15 is 0 Å². The second-order valence-electron chi connectivity index (χ2n) is 11.7. The van der Waals surface area contributed by atoms with Crippen molar-refractivity contribution in [2.75, 3.05) is 4.90 Å². The van der Waals surface area contributed by atoms with Crippen molar-refractivity contribution in [2.24, 2.45) is 0 Å². The molecule has 0 aromatic heterocycles. The summed E-state index contributed by atoms with van der Waals surface area (Å²) in [6, 6.07) is 63.2. The molecule has 0 saturated carbocycles. The fraction of sp³-hybridized carbons (Fsp3) is 0.0233. The molecule has 2 heteroatoms. The van der Waals surface area contributed by atoms with Gasteiger partial charge in [0.1, 0.15) is 5.54 Å². The van der Waals surface area contributed by atoms with Crippen molar-refractivity contribution < 1.29 is 4.74 Å². The van der Waals surface area contributed by atoms with E-state index in [2.05, 4.69) is 181 Å². The molecule has 0 spiro atoms. The van der Waals surface area contributed by atoms with Gasteiger partial charge in [0.2, 0.25) is 0 Å². The third-order valence-electron chi connectivity index (χ3n) is 9.28. The third kappa shape index (κ3) is 3.82. The minimum atomic E-state index is -0.660. The fourth-order valence-electron chi connectivity index (χ4n) is 7.36. The molecule has 9 rings (SSSR count). The van der Waals surface area contributed by atoms with Crippen molar-refractivity contribution in [2.45, 2.75) is 5.54 Å². The highest BCUT2D eigenvalue weighted by molar-refractivity contribution is 5.94. The Morgan fingerprint density at radius 2 is 0.800 bits per heavy atom. The van der Waals surface area contributed by atoms with E-state index in [0.29, 0.717) is 0 Å². The quantitative estimate of drug-likeness (QED) is 0.207. The topological polar surface area (TPSA) is 12.5 Å². The van der Waals surface area contributed by atoms with Crippen LogP contribution < -0.4 is 9.64 Å². The van der Waals surface area contributed by atoms with E-state index in [-0.39, 0.29) is 0 Å². The Bertz CT molecular complexity index is 2050. The molecule has 0 atom stereocenters. The van der Waals surface area contributed by atoms with Crippen molar-refractivity contribution in [3.05, 3.63) is 193 Å². The predicted molar refractivity (Wildman–Crippen MR) is 184 cm³/mol. The van der Waals surface area contributed by atoms with Crippen LogP contribution in [-0.4, -0.2) is 0 Å². The zero-order chi connectivity index (χ0) is 29.8. The number of hydrogen-bond acceptors (Lipinski definition) is 2. The van der Waals surface area contributed by atoms with Gasteiger partial charge in [-0.2, -0.15) is 0 Å². The summed E-state index contributed by atoms with van der Waals surface area (Å²) in [5.41, 5.74) is 12.4. The lowest BCUT2D eigenvalue weighted by Crippen LogP contribution is -2.45. The molecule has 7 aromatic rings. The van der Waals surface area contributed by atoms with Crippen LogP contribution in [0.5, 0.6) is 11.5 Å². The van der Waals surface area contributed by atoms with Crippen LogP contribution in [0, 0.1) is 0 Å². The van der Waals surface area contributed by atoms with Gasteiger partial charge < -0.3 is 9.64 Å². The van der Waals surface area contributed by atoms with Gasteiger partial charge in [0.15, 0.2) is 11.5 Å². The number of ether oxygens (including phenoxy) is 1. The van der Waals surface area contributed by atoms with Crippen LogP contribution in [0.3, 0.4) is 0 Å². The molecule has 1 heterocycles. The Kier molecular flexibility index (Phi) is 5.76. The summed E-state index contributed by atoms with van der Waals surface area (Å²) < 4.78 is 6.54. The van der Waals surface area contributed by atoms with Gasteiger partial charge in [0.05, 0.1) is 11.4 Å². The lowest BCUT2D eigenvalue weighted by molar-refractivity contribution is 0.461. The highest BCUT2D eigenvalue weighted by Crippen LogP contribution is 2.62. The first-order valence-electron chi connectivity index (χ1n) is 15.4. The van der Waals surface area contributed by atoms with Crippen LogP contribution in [0.1, 0.15) is 16.7 Å². The average molecular weight is 576 g/mol. The maximum atomic E-state index is 6.54. The Hall–Kier alpha value is -5.86. The van der Waals surface area contributed by atoms with E-state index in [1.807, 2.05) is 0 Å². The van der Waals surface area contributed by atoms with E-state index in [4.69, 9.17) is 4.74 Å². The first kappa shape index (κ1) is 25.6. The zero-order valence-electron chi connectivity index (χ0n) is 24.6. The molecule has 2 nitrogen and oxygen atoms in total. The highest BCUT2D eigenvalue weighted by atomic mass is 16.5. The van der Waals surface area contributed by atoms with Crippen LogP contribution in [0.15, 0.2) is 176 Å². The second-order valence-corrected chi connectivity index (χ2v) is 11.7. The van der Waals surface area contributed by atoms with Crippen molar-refractivity contribution in [3.63, 3.8) is 0 Å². The number of nitrogens with zero attached hydrogens (tertiary/aromatic N) is 1. The minimum Gasteiger partial charge on any atom is -0.453 e. The molecule has 0 radical (unpaired) electrons. The number of anilines is 2. The summed E-state index contributed by atoms with van der Waals surface area (Å²) in [7, 11) is 0. The molecule has 0 N–H and O–H groups in total. The number of benzene rings is 7. The molecular formula is C43H29NO. The molecule has 0 amide bonds. The molecule has 0 unspecified atom stereocenters. The van der Waals surface area contributed by atoms with Crippen molar-refractivity contribution in [3.8, 4) is 44.9 Å². The van der Waals surface area contributed by atoms with Gasteiger partial charge >= 0.3 is 0 Å². The summed E-state index contributed by atoms with van der Waals surface area (Å²) >= 11 is 0. The normalized spacial score (nSPS) is 13.6. The maximum absolute atomic E-state index is 6.54. The molecule has 212 valence electrons. The summed E-state index contributed by atoms with van der Waals surface area (Å²) in [6.45, 7) is 0. The van der Waals surface area contributed by atoms with Gasteiger partial charge in [-0.1, -0.05) is 140 Å². The zero-order valence-corrected chi connectivity index (χ0v) is 24.6. The van der Waals surface area contributed by atoms with Crippen LogP contribution in [0.2, 0.25) is 0 Å². The Morgan fingerprint density at radius 1 is 0.378 bits per heavy atom. The summed E-state index contributed by atoms with van der Waals surface area (Å²) in [5, 5.41) is 0. The molecular weight excluding hydrogens is 546 g/mol. The number of fused-ring (bicyclic) bond motifs is 5. The standard InChI is InChI=1S/C43H29NO/c1-4-14-30(15-5-1)32-24-26-37-35(28-32)36-29-33(31-16-6-2-7-17-31)25-27-38(36)43(37,34-18-8-3-9-19-34)44-39-20-10-12-22-41(39)45-42-23-13-11-21-40(42)44/h1-29H.